The Morgan fingerprint density at radius 1 is 1.58 bits per heavy atom. The Morgan fingerprint density at radius 2 is 2.32 bits per heavy atom. The molecule has 0 bridgehead atoms. The third kappa shape index (κ3) is 3.67. The molecule has 0 aromatic heterocycles. The van der Waals surface area contributed by atoms with Crippen LogP contribution in [0, 0.1) is 5.82 Å². The number of amides is 1. The Balaban J connectivity index is 2.13. The minimum Gasteiger partial charge on any atom is -0.477 e. The van der Waals surface area contributed by atoms with Crippen LogP contribution < -0.4 is 15.8 Å². The van der Waals surface area contributed by atoms with Crippen LogP contribution in [0.1, 0.15) is 31.7 Å². The minimum absolute atomic E-state index is 0.126. The minimum atomic E-state index is -0.795. The van der Waals surface area contributed by atoms with Crippen molar-refractivity contribution in [3.8, 4) is 5.75 Å². The maximum Gasteiger partial charge on any atom is 0.258 e. The van der Waals surface area contributed by atoms with Crippen LogP contribution >= 0.6 is 0 Å². The summed E-state index contributed by atoms with van der Waals surface area (Å²) >= 11 is 0. The third-order valence-corrected chi connectivity index (χ3v) is 3.16. The number of benzene rings is 1. The summed E-state index contributed by atoms with van der Waals surface area (Å²) in [7, 11) is 0. The monoisotopic (exact) mass is 266 g/mol. The highest BCUT2D eigenvalue weighted by Crippen LogP contribution is 2.26. The zero-order valence-electron chi connectivity index (χ0n) is 11.0. The third-order valence-electron chi connectivity index (χ3n) is 3.16. The van der Waals surface area contributed by atoms with Gasteiger partial charge in [0.2, 0.25) is 0 Å². The summed E-state index contributed by atoms with van der Waals surface area (Å²) in [4.78, 5) is 11.2. The fourth-order valence-electron chi connectivity index (χ4n) is 1.85. The van der Waals surface area contributed by atoms with E-state index in [0.717, 1.165) is 12.8 Å². The normalized spacial score (nSPS) is 16.1. The molecule has 1 aliphatic rings. The fourth-order valence-corrected chi connectivity index (χ4v) is 1.85. The van der Waals surface area contributed by atoms with Crippen LogP contribution in [0.2, 0.25) is 0 Å². The van der Waals surface area contributed by atoms with Gasteiger partial charge in [0.05, 0.1) is 0 Å². The summed E-state index contributed by atoms with van der Waals surface area (Å²) in [6.07, 6.45) is 1.94. The average Bonchev–Trinajstić information content (AvgIpc) is 3.19. The van der Waals surface area contributed by atoms with Gasteiger partial charge in [-0.15, -0.1) is 0 Å². The predicted molar refractivity (Wildman–Crippen MR) is 70.2 cm³/mol. The molecule has 4 nitrogen and oxygen atoms in total. The number of carbonyl (C=O) groups is 1. The lowest BCUT2D eigenvalue weighted by molar-refractivity contribution is -0.124. The molecule has 19 heavy (non-hydrogen) atoms. The summed E-state index contributed by atoms with van der Waals surface area (Å²) in [6.45, 7) is 2.31. The van der Waals surface area contributed by atoms with Gasteiger partial charge in [-0.3, -0.25) is 4.79 Å². The van der Waals surface area contributed by atoms with Crippen LogP contribution in [0.3, 0.4) is 0 Å². The number of nitrogens with one attached hydrogen (secondary N) is 1. The summed E-state index contributed by atoms with van der Waals surface area (Å²) in [5.41, 5.74) is 5.94. The molecule has 0 radical (unpaired) electrons. The Hall–Kier alpha value is -1.62. The number of halogens is 1. The van der Waals surface area contributed by atoms with Crippen molar-refractivity contribution in [1.82, 2.24) is 5.32 Å². The molecule has 0 aliphatic heterocycles. The van der Waals surface area contributed by atoms with Gasteiger partial charge in [0.15, 0.2) is 17.7 Å². The SMILES string of the molecule is CCC(Oc1c(F)cccc1CNC1CC1)C(N)=O. The number of rotatable bonds is 7. The lowest BCUT2D eigenvalue weighted by Gasteiger charge is -2.18. The Morgan fingerprint density at radius 3 is 2.89 bits per heavy atom. The van der Waals surface area contributed by atoms with Gasteiger partial charge in [0.1, 0.15) is 0 Å². The summed E-state index contributed by atoms with van der Waals surface area (Å²) in [5.74, 6) is -0.914. The first kappa shape index (κ1) is 13.8. The molecule has 1 aliphatic carbocycles. The standard InChI is InChI=1S/C14H19FN2O2/c1-2-12(14(16)18)19-13-9(4-3-5-11(13)15)8-17-10-6-7-10/h3-5,10,12,17H,2,6-8H2,1H3,(H2,16,18). The van der Waals surface area contributed by atoms with Crippen LogP contribution in [-0.2, 0) is 11.3 Å². The molecule has 1 saturated carbocycles. The largest absolute Gasteiger partial charge is 0.477 e. The van der Waals surface area contributed by atoms with Crippen LogP contribution in [0.5, 0.6) is 5.75 Å². The maximum atomic E-state index is 13.8. The molecule has 1 aromatic rings. The predicted octanol–water partition coefficient (Wildman–Crippen LogP) is 1.72. The van der Waals surface area contributed by atoms with Gasteiger partial charge in [0, 0.05) is 18.2 Å². The van der Waals surface area contributed by atoms with E-state index in [0.29, 0.717) is 24.6 Å². The molecule has 5 heteroatoms. The van der Waals surface area contributed by atoms with Crippen molar-refractivity contribution in [1.29, 1.82) is 0 Å². The Labute approximate surface area is 112 Å². The van der Waals surface area contributed by atoms with Crippen LogP contribution in [-0.4, -0.2) is 18.1 Å². The molecule has 0 spiro atoms. The number of carbonyl (C=O) groups excluding carboxylic acids is 1. The second-order valence-electron chi connectivity index (χ2n) is 4.80. The quantitative estimate of drug-likeness (QED) is 0.790. The Kier molecular flexibility index (Phi) is 4.37. The molecule has 0 saturated heterocycles. The maximum absolute atomic E-state index is 13.8. The zero-order valence-corrected chi connectivity index (χ0v) is 11.0. The number of ether oxygens (including phenoxy) is 1. The molecule has 2 rings (SSSR count). The van der Waals surface area contributed by atoms with E-state index in [1.165, 1.54) is 6.07 Å². The lowest BCUT2D eigenvalue weighted by Crippen LogP contribution is -2.33. The van der Waals surface area contributed by atoms with E-state index in [1.807, 2.05) is 0 Å². The zero-order chi connectivity index (χ0) is 13.8. The highest BCUT2D eigenvalue weighted by molar-refractivity contribution is 5.79. The molecule has 1 fully saturated rings. The van der Waals surface area contributed by atoms with E-state index in [4.69, 9.17) is 10.5 Å². The van der Waals surface area contributed by atoms with E-state index < -0.39 is 17.8 Å². The second-order valence-corrected chi connectivity index (χ2v) is 4.80. The average molecular weight is 266 g/mol. The van der Waals surface area contributed by atoms with Crippen LogP contribution in [0.4, 0.5) is 4.39 Å². The topological polar surface area (TPSA) is 64.3 Å². The number of hydrogen-bond acceptors (Lipinski definition) is 3. The number of nitrogens with two attached hydrogens (primary N) is 1. The number of para-hydroxylation sites is 1. The van der Waals surface area contributed by atoms with E-state index in [-0.39, 0.29) is 5.75 Å². The molecule has 1 atom stereocenters. The molecule has 1 amide bonds. The summed E-state index contributed by atoms with van der Waals surface area (Å²) in [5, 5.41) is 3.30. The van der Waals surface area contributed by atoms with Crippen LogP contribution in [0.15, 0.2) is 18.2 Å². The molecule has 3 N–H and O–H groups in total. The van der Waals surface area contributed by atoms with E-state index in [2.05, 4.69) is 5.32 Å². The molecule has 1 aromatic carbocycles. The molecule has 0 heterocycles. The van der Waals surface area contributed by atoms with Crippen molar-refractivity contribution in [3.63, 3.8) is 0 Å². The van der Waals surface area contributed by atoms with Gasteiger partial charge in [0.25, 0.3) is 5.91 Å². The highest BCUT2D eigenvalue weighted by atomic mass is 19.1. The summed E-state index contributed by atoms with van der Waals surface area (Å²) < 4.78 is 19.3. The van der Waals surface area contributed by atoms with Crippen molar-refractivity contribution in [2.75, 3.05) is 0 Å². The molecular weight excluding hydrogens is 247 g/mol. The van der Waals surface area contributed by atoms with Gasteiger partial charge in [-0.1, -0.05) is 19.1 Å². The number of primary amides is 1. The fraction of sp³-hybridized carbons (Fsp3) is 0.500. The first-order chi connectivity index (χ1) is 9.11. The number of hydrogen-bond donors (Lipinski definition) is 2. The van der Waals surface area contributed by atoms with E-state index in [1.54, 1.807) is 19.1 Å². The van der Waals surface area contributed by atoms with Gasteiger partial charge in [-0.25, -0.2) is 4.39 Å². The first-order valence-corrected chi connectivity index (χ1v) is 6.58. The first-order valence-electron chi connectivity index (χ1n) is 6.58. The summed E-state index contributed by atoms with van der Waals surface area (Å²) in [6, 6.07) is 5.27. The van der Waals surface area contributed by atoms with E-state index in [9.17, 15) is 9.18 Å². The van der Waals surface area contributed by atoms with Crippen molar-refractivity contribution < 1.29 is 13.9 Å². The van der Waals surface area contributed by atoms with Crippen molar-refractivity contribution in [2.45, 2.75) is 44.9 Å². The van der Waals surface area contributed by atoms with Gasteiger partial charge >= 0.3 is 0 Å². The van der Waals surface area contributed by atoms with Crippen molar-refractivity contribution in [3.05, 3.63) is 29.6 Å². The van der Waals surface area contributed by atoms with Crippen molar-refractivity contribution in [2.24, 2.45) is 5.73 Å². The molecular formula is C14H19FN2O2. The Bertz CT molecular complexity index is 461. The molecule has 1 unspecified atom stereocenters. The van der Waals surface area contributed by atoms with Crippen LogP contribution in [0.25, 0.3) is 0 Å². The van der Waals surface area contributed by atoms with Gasteiger partial charge < -0.3 is 15.8 Å². The highest BCUT2D eigenvalue weighted by Gasteiger charge is 2.23. The van der Waals surface area contributed by atoms with Gasteiger partial charge in [-0.2, -0.15) is 0 Å². The van der Waals surface area contributed by atoms with Gasteiger partial charge in [-0.05, 0) is 25.3 Å². The molecule has 104 valence electrons. The second kappa shape index (κ2) is 6.02. The van der Waals surface area contributed by atoms with Crippen molar-refractivity contribution >= 4 is 5.91 Å². The lowest BCUT2D eigenvalue weighted by atomic mass is 10.1. The van der Waals surface area contributed by atoms with E-state index >= 15 is 0 Å². The smallest absolute Gasteiger partial charge is 0.258 e.